The second-order valence-electron chi connectivity index (χ2n) is 7.45. The maximum atomic E-state index is 13.0. The molecule has 0 saturated carbocycles. The minimum Gasteiger partial charge on any atom is -0.477 e. The SMILES string of the molecule is CO/N=C(/C(=O)N[C@H]1C(=O)N2C(C(=O)O)=C(C[n+]3ccn4ncccc43)CS[C@H]12)c1nsc(N)n1. The first kappa shape index (κ1) is 22.7. The fourth-order valence-corrected chi connectivity index (χ4v) is 5.67. The van der Waals surface area contributed by atoms with Gasteiger partial charge in [-0.25, -0.2) is 9.36 Å². The van der Waals surface area contributed by atoms with Gasteiger partial charge in [0.15, 0.2) is 11.3 Å². The van der Waals surface area contributed by atoms with Gasteiger partial charge in [-0.2, -0.15) is 9.36 Å². The quantitative estimate of drug-likeness (QED) is 0.150. The van der Waals surface area contributed by atoms with Crippen molar-refractivity contribution in [2.24, 2.45) is 5.16 Å². The molecule has 3 aromatic rings. The summed E-state index contributed by atoms with van der Waals surface area (Å²) in [4.78, 5) is 47.8. The van der Waals surface area contributed by atoms with E-state index in [9.17, 15) is 19.5 Å². The molecule has 0 aliphatic carbocycles. The Morgan fingerprint density at radius 2 is 2.29 bits per heavy atom. The summed E-state index contributed by atoms with van der Waals surface area (Å²) in [6, 6.07) is 2.69. The number of carbonyl (C=O) groups is 3. The third-order valence-electron chi connectivity index (χ3n) is 5.39. The predicted molar refractivity (Wildman–Crippen MR) is 123 cm³/mol. The number of hydrogen-bond acceptors (Lipinski definition) is 11. The Kier molecular flexibility index (Phi) is 5.81. The number of aliphatic carboxylic acids is 1. The van der Waals surface area contributed by atoms with Gasteiger partial charge in [-0.1, -0.05) is 10.3 Å². The number of hydrogen-bond donors (Lipinski definition) is 3. The molecule has 4 N–H and O–H groups in total. The molecule has 2 aliphatic rings. The summed E-state index contributed by atoms with van der Waals surface area (Å²) in [5.74, 6) is -2.17. The van der Waals surface area contributed by atoms with Crippen LogP contribution in [-0.4, -0.2) is 76.8 Å². The van der Waals surface area contributed by atoms with Crippen LogP contribution in [0.5, 0.6) is 0 Å². The maximum Gasteiger partial charge on any atom is 0.352 e. The van der Waals surface area contributed by atoms with Gasteiger partial charge >= 0.3 is 11.6 Å². The van der Waals surface area contributed by atoms with Crippen LogP contribution in [0.25, 0.3) is 5.65 Å². The number of amides is 2. The van der Waals surface area contributed by atoms with Gasteiger partial charge in [0.2, 0.25) is 11.5 Å². The monoisotopic (exact) mass is 516 g/mol. The Morgan fingerprint density at radius 3 is 3.00 bits per heavy atom. The van der Waals surface area contributed by atoms with Gasteiger partial charge in [0.05, 0.1) is 6.20 Å². The second kappa shape index (κ2) is 8.95. The molecule has 16 heteroatoms. The van der Waals surface area contributed by atoms with Crippen LogP contribution in [0.1, 0.15) is 5.82 Å². The molecule has 5 rings (SSSR count). The minimum absolute atomic E-state index is 0.0357. The number of thioether (sulfide) groups is 1. The van der Waals surface area contributed by atoms with Gasteiger partial charge in [-0.05, 0) is 6.07 Å². The van der Waals surface area contributed by atoms with Crippen molar-refractivity contribution < 1.29 is 28.9 Å². The molecular weight excluding hydrogens is 498 g/mol. The van der Waals surface area contributed by atoms with E-state index in [0.717, 1.165) is 17.2 Å². The van der Waals surface area contributed by atoms with Crippen molar-refractivity contribution >= 4 is 57.6 Å². The highest BCUT2D eigenvalue weighted by atomic mass is 32.2. The summed E-state index contributed by atoms with van der Waals surface area (Å²) in [6.45, 7) is 0.270. The van der Waals surface area contributed by atoms with Crippen LogP contribution in [-0.2, 0) is 25.8 Å². The number of oxime groups is 1. The highest BCUT2D eigenvalue weighted by Gasteiger charge is 2.54. The maximum absolute atomic E-state index is 13.0. The molecule has 14 nitrogen and oxygen atoms in total. The van der Waals surface area contributed by atoms with Crippen molar-refractivity contribution in [2.45, 2.75) is 18.0 Å². The lowest BCUT2D eigenvalue weighted by Crippen LogP contribution is -2.71. The number of rotatable bonds is 7. The molecule has 0 bridgehead atoms. The van der Waals surface area contributed by atoms with Crippen LogP contribution in [0.3, 0.4) is 0 Å². The zero-order valence-electron chi connectivity index (χ0n) is 18.1. The predicted octanol–water partition coefficient (Wildman–Crippen LogP) is -1.16. The Bertz CT molecular complexity index is 1410. The van der Waals surface area contributed by atoms with Crippen molar-refractivity contribution in [2.75, 3.05) is 18.6 Å². The number of nitrogens with zero attached hydrogens (tertiary/aromatic N) is 7. The molecule has 5 heterocycles. The van der Waals surface area contributed by atoms with Crippen LogP contribution in [0.15, 0.2) is 47.1 Å². The van der Waals surface area contributed by atoms with Crippen LogP contribution in [0.2, 0.25) is 0 Å². The first-order valence-corrected chi connectivity index (χ1v) is 11.9. The number of nitrogen functional groups attached to an aromatic ring is 1. The van der Waals surface area contributed by atoms with Gasteiger partial charge in [-0.15, -0.1) is 16.3 Å². The zero-order valence-corrected chi connectivity index (χ0v) is 19.7. The molecule has 0 unspecified atom stereocenters. The molecular formula is C19H18N9O5S2+. The lowest BCUT2D eigenvalue weighted by Gasteiger charge is -2.49. The van der Waals surface area contributed by atoms with Crippen molar-refractivity contribution in [3.63, 3.8) is 0 Å². The smallest absolute Gasteiger partial charge is 0.352 e. The topological polar surface area (TPSA) is 181 Å². The molecule has 2 aliphatic heterocycles. The highest BCUT2D eigenvalue weighted by Crippen LogP contribution is 2.40. The number of nitrogens with two attached hydrogens (primary N) is 1. The van der Waals surface area contributed by atoms with E-state index in [0.29, 0.717) is 11.3 Å². The fourth-order valence-electron chi connectivity index (χ4n) is 3.90. The number of aromatic nitrogens is 5. The second-order valence-corrected chi connectivity index (χ2v) is 9.34. The summed E-state index contributed by atoms with van der Waals surface area (Å²) < 4.78 is 7.48. The molecule has 3 aromatic heterocycles. The van der Waals surface area contributed by atoms with Gasteiger partial charge in [0.1, 0.15) is 37.0 Å². The average Bonchev–Trinajstić information content (AvgIpc) is 3.46. The van der Waals surface area contributed by atoms with Crippen molar-refractivity contribution in [3.05, 3.63) is 47.8 Å². The number of β-lactam (4-membered cyclic amide) rings is 1. The van der Waals surface area contributed by atoms with Crippen molar-refractivity contribution in [3.8, 4) is 0 Å². The summed E-state index contributed by atoms with van der Waals surface area (Å²) >= 11 is 2.24. The molecule has 0 spiro atoms. The van der Waals surface area contributed by atoms with Gasteiger partial charge < -0.3 is 21.0 Å². The van der Waals surface area contributed by atoms with E-state index in [2.05, 4.69) is 24.9 Å². The van der Waals surface area contributed by atoms with Crippen LogP contribution in [0, 0.1) is 0 Å². The first-order valence-electron chi connectivity index (χ1n) is 10.1. The van der Waals surface area contributed by atoms with Crippen molar-refractivity contribution in [1.29, 1.82) is 0 Å². The Morgan fingerprint density at radius 1 is 1.46 bits per heavy atom. The third kappa shape index (κ3) is 3.95. The van der Waals surface area contributed by atoms with Gasteiger partial charge in [0.25, 0.3) is 11.8 Å². The Balaban J connectivity index is 1.37. The van der Waals surface area contributed by atoms with Crippen LogP contribution >= 0.6 is 23.3 Å². The van der Waals surface area contributed by atoms with E-state index in [4.69, 9.17) is 10.6 Å². The lowest BCUT2D eigenvalue weighted by atomic mass is 10.0. The van der Waals surface area contributed by atoms with E-state index in [1.807, 2.05) is 10.6 Å². The Hall–Kier alpha value is -4.05. The first-order chi connectivity index (χ1) is 16.9. The number of carboxylic acid groups (broad SMARTS) is 1. The standard InChI is InChI=1S/C19H17N9O5S2/c1-33-24-11(14-23-19(20)35-25-14)15(29)22-12-16(30)28-13(18(31)32)9(8-34-17(12)28)7-26-5-6-27-10(26)3-2-4-21-27/h2-6,12,17H,7-8H2,1H3,(H3-,20,22,23,25,29,31,32)/p+1/b24-11+/t12-,17+/m0/s1. The lowest BCUT2D eigenvalue weighted by molar-refractivity contribution is -0.662. The van der Waals surface area contributed by atoms with E-state index in [1.54, 1.807) is 29.2 Å². The number of imidazole rings is 1. The summed E-state index contributed by atoms with van der Waals surface area (Å²) in [6.07, 6.45) is 5.21. The number of carboxylic acids is 1. The largest absolute Gasteiger partial charge is 0.477 e. The van der Waals surface area contributed by atoms with E-state index in [1.165, 1.54) is 23.8 Å². The summed E-state index contributed by atoms with van der Waals surface area (Å²) in [7, 11) is 1.25. The molecule has 0 aromatic carbocycles. The number of fused-ring (bicyclic) bond motifs is 2. The van der Waals surface area contributed by atoms with Gasteiger partial charge in [-0.3, -0.25) is 14.5 Å². The molecule has 1 fully saturated rings. The number of nitrogens with one attached hydrogen (secondary N) is 1. The van der Waals surface area contributed by atoms with Crippen molar-refractivity contribution in [1.82, 2.24) is 29.2 Å². The Labute approximate surface area is 205 Å². The van der Waals surface area contributed by atoms with Gasteiger partial charge in [0, 0.05) is 28.9 Å². The number of carbonyl (C=O) groups excluding carboxylic acids is 2. The summed E-state index contributed by atoms with van der Waals surface area (Å²) in [5, 5.41) is 19.9. The zero-order chi connectivity index (χ0) is 24.7. The van der Waals surface area contributed by atoms with E-state index in [-0.39, 0.29) is 28.9 Å². The molecule has 2 atom stereocenters. The normalized spacial score (nSPS) is 20.0. The molecule has 35 heavy (non-hydrogen) atoms. The third-order valence-corrected chi connectivity index (χ3v) is 7.27. The van der Waals surface area contributed by atoms with Crippen LogP contribution < -0.4 is 15.6 Å². The van der Waals surface area contributed by atoms with E-state index < -0.39 is 29.2 Å². The summed E-state index contributed by atoms with van der Waals surface area (Å²) in [5.41, 5.74) is 6.60. The average molecular weight is 517 g/mol. The molecule has 0 radical (unpaired) electrons. The fraction of sp³-hybridized carbons (Fsp3) is 0.263. The number of anilines is 1. The molecule has 180 valence electrons. The minimum atomic E-state index is -1.21. The highest BCUT2D eigenvalue weighted by molar-refractivity contribution is 8.00. The van der Waals surface area contributed by atoms with E-state index >= 15 is 0 Å². The van der Waals surface area contributed by atoms with Crippen LogP contribution in [0.4, 0.5) is 5.13 Å². The molecule has 1 saturated heterocycles. The molecule has 2 amide bonds.